The van der Waals surface area contributed by atoms with Crippen molar-refractivity contribution in [2.45, 2.75) is 20.3 Å². The topological polar surface area (TPSA) is 20.3 Å². The van der Waals surface area contributed by atoms with Gasteiger partial charge in [0.1, 0.15) is 0 Å². The first kappa shape index (κ1) is 11.8. The summed E-state index contributed by atoms with van der Waals surface area (Å²) in [5.74, 6) is 0.498. The van der Waals surface area contributed by atoms with E-state index in [0.717, 1.165) is 19.5 Å². The molecule has 2 nitrogen and oxygen atoms in total. The highest BCUT2D eigenvalue weighted by atomic mass is 16.2. The Balaban J connectivity index is 2.94. The van der Waals surface area contributed by atoms with Gasteiger partial charge < -0.3 is 4.90 Å². The van der Waals surface area contributed by atoms with E-state index in [2.05, 4.69) is 20.1 Å². The summed E-state index contributed by atoms with van der Waals surface area (Å²) in [6, 6.07) is 0. The van der Waals surface area contributed by atoms with E-state index in [0.29, 0.717) is 5.92 Å². The van der Waals surface area contributed by atoms with E-state index in [4.69, 9.17) is 0 Å². The quantitative estimate of drug-likeness (QED) is 0.678. The molecule has 0 spiro atoms. The first-order valence-corrected chi connectivity index (χ1v) is 5.33. The molecule has 0 bridgehead atoms. The molecule has 0 saturated carbocycles. The second-order valence-electron chi connectivity index (χ2n) is 4.00. The van der Waals surface area contributed by atoms with Crippen molar-refractivity contribution in [3.63, 3.8) is 0 Å². The van der Waals surface area contributed by atoms with Gasteiger partial charge in [-0.1, -0.05) is 32.2 Å². The molecule has 82 valence electrons. The minimum atomic E-state index is 0.149. The molecule has 1 heterocycles. The van der Waals surface area contributed by atoms with Crippen molar-refractivity contribution in [3.05, 3.63) is 36.5 Å². The molecular weight excluding hydrogens is 186 g/mol. The SMILES string of the molecule is C=CC1=C(C=C)C(C)CN(C(C)=O)CC1. The molecule has 1 aliphatic rings. The average molecular weight is 205 g/mol. The summed E-state index contributed by atoms with van der Waals surface area (Å²) in [7, 11) is 0. The molecule has 0 aromatic carbocycles. The highest BCUT2D eigenvalue weighted by Crippen LogP contribution is 2.24. The van der Waals surface area contributed by atoms with Crippen molar-refractivity contribution < 1.29 is 4.79 Å². The summed E-state index contributed by atoms with van der Waals surface area (Å²) in [5.41, 5.74) is 2.45. The van der Waals surface area contributed by atoms with E-state index >= 15 is 0 Å². The number of hydrogen-bond donors (Lipinski definition) is 0. The molecule has 1 aliphatic heterocycles. The molecule has 1 unspecified atom stereocenters. The third kappa shape index (κ3) is 2.58. The summed E-state index contributed by atoms with van der Waals surface area (Å²) in [4.78, 5) is 13.2. The van der Waals surface area contributed by atoms with Gasteiger partial charge in [-0.25, -0.2) is 0 Å². The van der Waals surface area contributed by atoms with Gasteiger partial charge in [-0.05, 0) is 23.5 Å². The van der Waals surface area contributed by atoms with Crippen molar-refractivity contribution in [1.82, 2.24) is 4.90 Å². The minimum Gasteiger partial charge on any atom is -0.342 e. The van der Waals surface area contributed by atoms with Crippen LogP contribution >= 0.6 is 0 Å². The Bertz CT molecular complexity index is 314. The maximum absolute atomic E-state index is 11.3. The molecule has 1 amide bonds. The van der Waals surface area contributed by atoms with Crippen LogP contribution in [0.25, 0.3) is 0 Å². The van der Waals surface area contributed by atoms with Gasteiger partial charge in [-0.15, -0.1) is 0 Å². The van der Waals surface area contributed by atoms with Gasteiger partial charge in [0.2, 0.25) is 5.91 Å². The number of carbonyl (C=O) groups is 1. The second-order valence-corrected chi connectivity index (χ2v) is 4.00. The summed E-state index contributed by atoms with van der Waals surface area (Å²) >= 11 is 0. The molecule has 0 aromatic rings. The van der Waals surface area contributed by atoms with Gasteiger partial charge >= 0.3 is 0 Å². The molecule has 0 radical (unpaired) electrons. The van der Waals surface area contributed by atoms with Gasteiger partial charge in [0.05, 0.1) is 0 Å². The third-order valence-corrected chi connectivity index (χ3v) is 2.96. The van der Waals surface area contributed by atoms with Crippen LogP contribution in [0.4, 0.5) is 0 Å². The highest BCUT2D eigenvalue weighted by molar-refractivity contribution is 5.73. The fourth-order valence-corrected chi connectivity index (χ4v) is 2.07. The van der Waals surface area contributed by atoms with Crippen molar-refractivity contribution >= 4 is 5.91 Å². The highest BCUT2D eigenvalue weighted by Gasteiger charge is 2.20. The monoisotopic (exact) mass is 205 g/mol. The second kappa shape index (κ2) is 4.96. The lowest BCUT2D eigenvalue weighted by Crippen LogP contribution is -2.32. The van der Waals surface area contributed by atoms with Crippen LogP contribution in [0.2, 0.25) is 0 Å². The molecule has 0 fully saturated rings. The normalized spacial score (nSPS) is 22.3. The van der Waals surface area contributed by atoms with Crippen LogP contribution in [0, 0.1) is 5.92 Å². The summed E-state index contributed by atoms with van der Waals surface area (Å²) in [6.07, 6.45) is 4.66. The van der Waals surface area contributed by atoms with E-state index in [-0.39, 0.29) is 5.91 Å². The van der Waals surface area contributed by atoms with Gasteiger partial charge in [-0.2, -0.15) is 0 Å². The Morgan fingerprint density at radius 3 is 2.60 bits per heavy atom. The zero-order valence-corrected chi connectivity index (χ0v) is 9.62. The molecular formula is C13H19NO. The smallest absolute Gasteiger partial charge is 0.219 e. The maximum atomic E-state index is 11.3. The van der Waals surface area contributed by atoms with E-state index in [1.165, 1.54) is 11.1 Å². The van der Waals surface area contributed by atoms with Gasteiger partial charge in [0, 0.05) is 20.0 Å². The first-order valence-electron chi connectivity index (χ1n) is 5.33. The Morgan fingerprint density at radius 2 is 2.13 bits per heavy atom. The van der Waals surface area contributed by atoms with Gasteiger partial charge in [-0.3, -0.25) is 4.79 Å². The number of rotatable bonds is 2. The Morgan fingerprint density at radius 1 is 1.47 bits per heavy atom. The van der Waals surface area contributed by atoms with Crippen LogP contribution in [0.1, 0.15) is 20.3 Å². The lowest BCUT2D eigenvalue weighted by molar-refractivity contribution is -0.129. The Kier molecular flexibility index (Phi) is 3.89. The Labute approximate surface area is 92.0 Å². The molecule has 0 aromatic heterocycles. The fourth-order valence-electron chi connectivity index (χ4n) is 2.07. The largest absolute Gasteiger partial charge is 0.342 e. The van der Waals surface area contributed by atoms with E-state index in [1.807, 2.05) is 17.1 Å². The fraction of sp³-hybridized carbons (Fsp3) is 0.462. The molecule has 0 N–H and O–H groups in total. The van der Waals surface area contributed by atoms with Crippen molar-refractivity contribution in [2.24, 2.45) is 5.92 Å². The zero-order chi connectivity index (χ0) is 11.4. The summed E-state index contributed by atoms with van der Waals surface area (Å²) in [6.45, 7) is 13.0. The molecule has 0 saturated heterocycles. The third-order valence-electron chi connectivity index (χ3n) is 2.96. The first-order chi connectivity index (χ1) is 7.10. The predicted octanol–water partition coefficient (Wildman–Crippen LogP) is 2.54. The maximum Gasteiger partial charge on any atom is 0.219 e. The van der Waals surface area contributed by atoms with E-state index in [1.54, 1.807) is 6.92 Å². The van der Waals surface area contributed by atoms with E-state index in [9.17, 15) is 4.79 Å². The molecule has 2 heteroatoms. The van der Waals surface area contributed by atoms with E-state index < -0.39 is 0 Å². The number of carbonyl (C=O) groups excluding carboxylic acids is 1. The van der Waals surface area contributed by atoms with Crippen LogP contribution in [0.3, 0.4) is 0 Å². The summed E-state index contributed by atoms with van der Waals surface area (Å²) < 4.78 is 0. The number of allylic oxidation sites excluding steroid dienone is 2. The van der Waals surface area contributed by atoms with Gasteiger partial charge in [0.15, 0.2) is 0 Å². The summed E-state index contributed by atoms with van der Waals surface area (Å²) in [5, 5.41) is 0. The minimum absolute atomic E-state index is 0.149. The van der Waals surface area contributed by atoms with Crippen LogP contribution in [0.15, 0.2) is 36.5 Å². The number of amides is 1. The molecule has 0 aliphatic carbocycles. The van der Waals surface area contributed by atoms with Crippen molar-refractivity contribution in [3.8, 4) is 0 Å². The predicted molar refractivity (Wildman–Crippen MR) is 63.5 cm³/mol. The lowest BCUT2D eigenvalue weighted by atomic mass is 9.95. The molecule has 1 rings (SSSR count). The van der Waals surface area contributed by atoms with Gasteiger partial charge in [0.25, 0.3) is 0 Å². The molecule has 1 atom stereocenters. The van der Waals surface area contributed by atoms with Crippen LogP contribution in [-0.4, -0.2) is 23.9 Å². The van der Waals surface area contributed by atoms with Crippen molar-refractivity contribution in [1.29, 1.82) is 0 Å². The average Bonchev–Trinajstić information content (AvgIpc) is 2.36. The van der Waals surface area contributed by atoms with Crippen LogP contribution < -0.4 is 0 Å². The molecule has 15 heavy (non-hydrogen) atoms. The lowest BCUT2D eigenvalue weighted by Gasteiger charge is -2.21. The van der Waals surface area contributed by atoms with Crippen LogP contribution in [-0.2, 0) is 4.79 Å². The number of hydrogen-bond acceptors (Lipinski definition) is 1. The standard InChI is InChI=1S/C13H19NO/c1-5-12-7-8-14(11(4)15)9-10(3)13(12)6-2/h5-6,10H,1-2,7-9H2,3-4H3. The van der Waals surface area contributed by atoms with Crippen LogP contribution in [0.5, 0.6) is 0 Å². The van der Waals surface area contributed by atoms with Crippen molar-refractivity contribution in [2.75, 3.05) is 13.1 Å². The zero-order valence-electron chi connectivity index (χ0n) is 9.62. The Hall–Kier alpha value is -1.31. The number of nitrogens with zero attached hydrogens (tertiary/aromatic N) is 1.